The highest BCUT2D eigenvalue weighted by Gasteiger charge is 2.16. The molecule has 0 aliphatic heterocycles. The number of halogens is 2. The zero-order chi connectivity index (χ0) is 25.9. The van der Waals surface area contributed by atoms with Crippen LogP contribution in [-0.4, -0.2) is 35.1 Å². The van der Waals surface area contributed by atoms with Crippen LogP contribution in [0.3, 0.4) is 0 Å². The molecule has 3 aromatic carbocycles. The first kappa shape index (κ1) is 25.2. The number of ether oxygens (including phenoxy) is 2. The maximum Gasteiger partial charge on any atom is 0.344 e. The van der Waals surface area contributed by atoms with Gasteiger partial charge in [-0.1, -0.05) is 28.1 Å². The van der Waals surface area contributed by atoms with Crippen molar-refractivity contribution in [3.8, 4) is 17.3 Å². The van der Waals surface area contributed by atoms with Gasteiger partial charge in [-0.15, -0.1) is 0 Å². The van der Waals surface area contributed by atoms with Crippen LogP contribution in [0, 0.1) is 3.57 Å². The summed E-state index contributed by atoms with van der Waals surface area (Å²) in [5, 5.41) is 5.80. The van der Waals surface area contributed by atoms with Crippen LogP contribution in [0.25, 0.3) is 33.5 Å². The molecule has 0 fully saturated rings. The van der Waals surface area contributed by atoms with E-state index in [2.05, 4.69) is 43.6 Å². The summed E-state index contributed by atoms with van der Waals surface area (Å²) >= 11 is 5.59. The third-order valence-corrected chi connectivity index (χ3v) is 6.72. The Kier molecular flexibility index (Phi) is 7.38. The average molecular weight is 672 g/mol. The van der Waals surface area contributed by atoms with E-state index in [0.29, 0.717) is 34.6 Å². The molecule has 0 aliphatic carbocycles. The normalized spacial score (nSPS) is 11.4. The molecule has 0 saturated carbocycles. The van der Waals surface area contributed by atoms with E-state index in [4.69, 9.17) is 18.9 Å². The second kappa shape index (κ2) is 10.9. The van der Waals surface area contributed by atoms with Crippen molar-refractivity contribution in [1.82, 2.24) is 9.66 Å². The topological polar surface area (TPSA) is 95.9 Å². The number of carbonyl (C=O) groups is 1. The van der Waals surface area contributed by atoms with Gasteiger partial charge in [0.2, 0.25) is 5.82 Å². The van der Waals surface area contributed by atoms with E-state index in [1.54, 1.807) is 43.5 Å². The summed E-state index contributed by atoms with van der Waals surface area (Å²) in [5.41, 5.74) is 1.63. The Bertz CT molecular complexity index is 1730. The molecule has 2 aromatic heterocycles. The largest absolute Gasteiger partial charge is 0.481 e. The summed E-state index contributed by atoms with van der Waals surface area (Å²) in [6, 6.07) is 20.0. The summed E-state index contributed by atoms with van der Waals surface area (Å²) < 4.78 is 19.4. The van der Waals surface area contributed by atoms with Crippen molar-refractivity contribution >= 4 is 72.6 Å². The van der Waals surface area contributed by atoms with Crippen molar-refractivity contribution in [1.29, 1.82) is 0 Å². The zero-order valence-electron chi connectivity index (χ0n) is 19.5. The van der Waals surface area contributed by atoms with E-state index >= 15 is 0 Å². The van der Waals surface area contributed by atoms with Crippen LogP contribution in [0.5, 0.6) is 5.75 Å². The minimum atomic E-state index is -0.433. The third kappa shape index (κ3) is 5.44. The van der Waals surface area contributed by atoms with Gasteiger partial charge in [0.15, 0.2) is 12.4 Å². The minimum Gasteiger partial charge on any atom is -0.481 e. The zero-order valence-corrected chi connectivity index (χ0v) is 23.2. The van der Waals surface area contributed by atoms with Crippen molar-refractivity contribution in [3.63, 3.8) is 0 Å². The molecule has 2 heterocycles. The Labute approximate surface area is 233 Å². The van der Waals surface area contributed by atoms with Gasteiger partial charge in [-0.3, -0.25) is 4.79 Å². The van der Waals surface area contributed by atoms with Gasteiger partial charge >= 0.3 is 5.97 Å². The molecular formula is C27H19BrIN3O5. The van der Waals surface area contributed by atoms with Crippen LogP contribution in [0.1, 0.15) is 12.5 Å². The highest BCUT2D eigenvalue weighted by atomic mass is 127. The summed E-state index contributed by atoms with van der Waals surface area (Å²) in [4.78, 5) is 29.7. The number of aromatic nitrogens is 2. The monoisotopic (exact) mass is 671 g/mol. The summed E-state index contributed by atoms with van der Waals surface area (Å²) in [6.07, 6.45) is 1.57. The first-order valence-corrected chi connectivity index (χ1v) is 13.1. The van der Waals surface area contributed by atoms with Crippen molar-refractivity contribution in [2.24, 2.45) is 5.10 Å². The van der Waals surface area contributed by atoms with E-state index in [1.165, 1.54) is 4.68 Å². The average Bonchev–Trinajstić information content (AvgIpc) is 3.31. The van der Waals surface area contributed by atoms with E-state index in [1.807, 2.05) is 36.4 Å². The van der Waals surface area contributed by atoms with Gasteiger partial charge in [0.05, 0.1) is 27.3 Å². The lowest BCUT2D eigenvalue weighted by Crippen LogP contribution is -2.20. The predicted octanol–water partition coefficient (Wildman–Crippen LogP) is 6.00. The minimum absolute atomic E-state index is 0.174. The standard InChI is InChI=1S/C27H19BrIN3O5/c1-2-35-25(33)15-36-23-9-7-16(11-20(23)29)14-30-32-26(31-21-6-4-3-5-19(21)27(32)34)24-13-17-12-18(28)8-10-22(17)37-24/h3-14H,2,15H2,1H3. The van der Waals surface area contributed by atoms with Gasteiger partial charge < -0.3 is 13.9 Å². The highest BCUT2D eigenvalue weighted by Crippen LogP contribution is 2.29. The Balaban J connectivity index is 1.53. The molecule has 0 spiro atoms. The third-order valence-electron chi connectivity index (χ3n) is 5.38. The van der Waals surface area contributed by atoms with Gasteiger partial charge in [-0.25, -0.2) is 9.78 Å². The number of furan rings is 1. The molecule has 8 nitrogen and oxygen atoms in total. The molecule has 0 bridgehead atoms. The van der Waals surface area contributed by atoms with Crippen LogP contribution in [0.2, 0.25) is 0 Å². The number of hydrogen-bond donors (Lipinski definition) is 0. The molecule has 0 radical (unpaired) electrons. The first-order chi connectivity index (χ1) is 17.9. The number of fused-ring (bicyclic) bond motifs is 2. The molecule has 0 N–H and O–H groups in total. The number of benzene rings is 3. The Morgan fingerprint density at radius 2 is 2.00 bits per heavy atom. The fraction of sp³-hybridized carbons (Fsp3) is 0.111. The van der Waals surface area contributed by atoms with E-state index < -0.39 is 5.97 Å². The van der Waals surface area contributed by atoms with Gasteiger partial charge in [0, 0.05) is 9.86 Å². The number of hydrogen-bond acceptors (Lipinski definition) is 7. The fourth-order valence-electron chi connectivity index (χ4n) is 3.69. The van der Waals surface area contributed by atoms with Gasteiger partial charge in [0.1, 0.15) is 11.3 Å². The maximum absolute atomic E-state index is 13.4. The summed E-state index contributed by atoms with van der Waals surface area (Å²) in [5.74, 6) is 0.823. The van der Waals surface area contributed by atoms with Crippen LogP contribution in [0.4, 0.5) is 0 Å². The Morgan fingerprint density at radius 1 is 1.16 bits per heavy atom. The van der Waals surface area contributed by atoms with Crippen molar-refractivity contribution in [2.45, 2.75) is 6.92 Å². The quantitative estimate of drug-likeness (QED) is 0.120. The first-order valence-electron chi connectivity index (χ1n) is 11.3. The number of rotatable bonds is 7. The van der Waals surface area contributed by atoms with Crippen molar-refractivity contribution in [3.05, 3.63) is 90.7 Å². The lowest BCUT2D eigenvalue weighted by atomic mass is 10.2. The van der Waals surface area contributed by atoms with Gasteiger partial charge in [-0.05, 0) is 89.7 Å². The molecule has 0 atom stereocenters. The lowest BCUT2D eigenvalue weighted by Gasteiger charge is -2.09. The Morgan fingerprint density at radius 3 is 2.81 bits per heavy atom. The number of para-hydroxylation sites is 1. The molecule has 0 saturated heterocycles. The van der Waals surface area contributed by atoms with Crippen molar-refractivity contribution in [2.75, 3.05) is 13.2 Å². The summed E-state index contributed by atoms with van der Waals surface area (Å²) in [7, 11) is 0. The molecular weight excluding hydrogens is 653 g/mol. The molecule has 5 rings (SSSR count). The second-order valence-electron chi connectivity index (χ2n) is 7.89. The second-order valence-corrected chi connectivity index (χ2v) is 9.97. The molecule has 37 heavy (non-hydrogen) atoms. The summed E-state index contributed by atoms with van der Waals surface area (Å²) in [6.45, 7) is 1.86. The van der Waals surface area contributed by atoms with Gasteiger partial charge in [-0.2, -0.15) is 9.78 Å². The number of nitrogens with zero attached hydrogens (tertiary/aromatic N) is 3. The molecule has 186 valence electrons. The van der Waals surface area contributed by atoms with Gasteiger partial charge in [0.25, 0.3) is 5.56 Å². The lowest BCUT2D eigenvalue weighted by molar-refractivity contribution is -0.145. The Hall–Kier alpha value is -3.51. The highest BCUT2D eigenvalue weighted by molar-refractivity contribution is 14.1. The van der Waals surface area contributed by atoms with Crippen molar-refractivity contribution < 1.29 is 18.7 Å². The SMILES string of the molecule is CCOC(=O)COc1ccc(C=Nn2c(-c3cc4cc(Br)ccc4o3)nc3ccccc3c2=O)cc1I. The smallest absolute Gasteiger partial charge is 0.344 e. The number of carbonyl (C=O) groups excluding carboxylic acids is 1. The fourth-order valence-corrected chi connectivity index (χ4v) is 4.77. The molecule has 0 unspecified atom stereocenters. The van der Waals surface area contributed by atoms with Crippen LogP contribution in [0.15, 0.2) is 85.5 Å². The molecule has 0 amide bonds. The predicted molar refractivity (Wildman–Crippen MR) is 153 cm³/mol. The van der Waals surface area contributed by atoms with Crippen LogP contribution < -0.4 is 10.3 Å². The van der Waals surface area contributed by atoms with E-state index in [0.717, 1.165) is 19.0 Å². The maximum atomic E-state index is 13.4. The molecule has 0 aliphatic rings. The molecule has 10 heteroatoms. The number of esters is 1. The molecule has 5 aromatic rings. The van der Waals surface area contributed by atoms with E-state index in [-0.39, 0.29) is 18.0 Å². The van der Waals surface area contributed by atoms with Crippen LogP contribution in [-0.2, 0) is 9.53 Å². The van der Waals surface area contributed by atoms with Crippen LogP contribution >= 0.6 is 38.5 Å². The van der Waals surface area contributed by atoms with E-state index in [9.17, 15) is 9.59 Å².